The third kappa shape index (κ3) is 5.21. The number of β-lactam (4-membered cyclic amide) rings is 1. The lowest BCUT2D eigenvalue weighted by Gasteiger charge is -2.49. The van der Waals surface area contributed by atoms with E-state index >= 15 is 0 Å². The number of anilines is 1. The summed E-state index contributed by atoms with van der Waals surface area (Å²) in [5.74, 6) is -2.69. The number of likely N-dealkylation sites (tertiary alicyclic amines) is 1. The van der Waals surface area contributed by atoms with E-state index in [1.165, 1.54) is 22.7 Å². The second kappa shape index (κ2) is 11.1. The molecule has 1 saturated carbocycles. The van der Waals surface area contributed by atoms with Gasteiger partial charge in [-0.3, -0.25) is 19.3 Å². The number of hydrogen-bond donors (Lipinski definition) is 3. The molecule has 1 aromatic rings. The van der Waals surface area contributed by atoms with Gasteiger partial charge in [-0.25, -0.2) is 9.78 Å². The van der Waals surface area contributed by atoms with Crippen LogP contribution in [0.3, 0.4) is 0 Å². The van der Waals surface area contributed by atoms with Crippen molar-refractivity contribution in [3.8, 4) is 6.07 Å². The van der Waals surface area contributed by atoms with E-state index in [0.29, 0.717) is 24.1 Å². The number of carboxylic acids is 1. The number of nitrogens with two attached hydrogens (primary N) is 1. The molecule has 0 spiro atoms. The molecular weight excluding hydrogens is 546 g/mol. The summed E-state index contributed by atoms with van der Waals surface area (Å²) in [6.07, 6.45) is 5.47. The summed E-state index contributed by atoms with van der Waals surface area (Å²) in [6, 6.07) is 0.947. The van der Waals surface area contributed by atoms with E-state index in [4.69, 9.17) is 15.8 Å². The minimum absolute atomic E-state index is 0.0473. The lowest BCUT2D eigenvalue weighted by Crippen LogP contribution is -2.71. The number of oxime groups is 1. The lowest BCUT2D eigenvalue weighted by atomic mass is 10.0. The van der Waals surface area contributed by atoms with Gasteiger partial charge in [0.1, 0.15) is 35.5 Å². The van der Waals surface area contributed by atoms with E-state index in [2.05, 4.69) is 15.5 Å². The van der Waals surface area contributed by atoms with Crippen molar-refractivity contribution < 1.29 is 29.1 Å². The number of carbonyl (C=O) groups is 4. The molecule has 5 rings (SSSR count). The first-order valence-electron chi connectivity index (χ1n) is 12.3. The van der Waals surface area contributed by atoms with Crippen LogP contribution in [0.4, 0.5) is 5.13 Å². The average Bonchev–Trinajstić information content (AvgIpc) is 3.66. The Kier molecular flexibility index (Phi) is 7.58. The van der Waals surface area contributed by atoms with E-state index in [1.807, 2.05) is 6.07 Å². The number of amides is 3. The van der Waals surface area contributed by atoms with Crippen molar-refractivity contribution in [3.05, 3.63) is 34.0 Å². The summed E-state index contributed by atoms with van der Waals surface area (Å²) in [4.78, 5) is 63.3. The molecule has 3 aliphatic heterocycles. The normalized spacial score (nSPS) is 24.6. The number of fused-ring (bicyclic) bond motifs is 1. The number of carboxylic acid groups (broad SMARTS) is 1. The van der Waals surface area contributed by atoms with Gasteiger partial charge in [-0.15, -0.1) is 23.1 Å². The van der Waals surface area contributed by atoms with Crippen LogP contribution in [-0.2, 0) is 24.0 Å². The molecule has 4 aliphatic rings. The largest absolute Gasteiger partial charge is 0.477 e. The third-order valence-corrected chi connectivity index (χ3v) is 8.86. The van der Waals surface area contributed by atoms with Crippen molar-refractivity contribution in [2.24, 2.45) is 5.16 Å². The first kappa shape index (κ1) is 26.7. The van der Waals surface area contributed by atoms with Crippen molar-refractivity contribution >= 4 is 57.6 Å². The van der Waals surface area contributed by atoms with Gasteiger partial charge in [-0.05, 0) is 43.8 Å². The van der Waals surface area contributed by atoms with Gasteiger partial charge >= 0.3 is 5.97 Å². The summed E-state index contributed by atoms with van der Waals surface area (Å²) < 4.78 is 0. The van der Waals surface area contributed by atoms with Crippen LogP contribution in [0.15, 0.2) is 33.5 Å². The number of rotatable bonds is 8. The zero-order valence-corrected chi connectivity index (χ0v) is 22.3. The number of nitriles is 1. The molecule has 204 valence electrons. The Morgan fingerprint density at radius 3 is 2.79 bits per heavy atom. The van der Waals surface area contributed by atoms with Crippen molar-refractivity contribution in [3.63, 3.8) is 0 Å². The Bertz CT molecular complexity index is 1360. The molecule has 0 unspecified atom stereocenters. The van der Waals surface area contributed by atoms with Gasteiger partial charge in [0.2, 0.25) is 0 Å². The summed E-state index contributed by atoms with van der Waals surface area (Å²) in [6.45, 7) is 0.327. The summed E-state index contributed by atoms with van der Waals surface area (Å²) >= 11 is 2.42. The molecule has 4 N–H and O–H groups in total. The summed E-state index contributed by atoms with van der Waals surface area (Å²) in [5.41, 5.74) is 6.35. The lowest BCUT2D eigenvalue weighted by molar-refractivity contribution is -0.150. The van der Waals surface area contributed by atoms with Crippen LogP contribution in [-0.4, -0.2) is 85.7 Å². The molecule has 0 bridgehead atoms. The Balaban J connectivity index is 1.34. The van der Waals surface area contributed by atoms with Crippen LogP contribution < -0.4 is 11.1 Å². The fourth-order valence-electron chi connectivity index (χ4n) is 4.93. The number of aliphatic carboxylic acids is 1. The number of allylic oxidation sites excluding steroid dienone is 1. The number of hydrogen-bond acceptors (Lipinski definition) is 11. The standard InChI is InChI=1S/C24H25N7O6S2/c25-6-8-30-7-5-12(20(30)33)9-13-10-38-22-17(21(34)31(22)18(13)23(35)36)28-19(32)16(15-11-39-24(26)27-15)29-37-14-3-1-2-4-14/h9,11,14,17,22H,1-5,7-8,10H2,(H2,26,27)(H,28,32)(H,35,36)/b12-9?,29-16-/t17-,22-/m1/s1. The predicted molar refractivity (Wildman–Crippen MR) is 141 cm³/mol. The monoisotopic (exact) mass is 571 g/mol. The maximum Gasteiger partial charge on any atom is 0.352 e. The minimum Gasteiger partial charge on any atom is -0.477 e. The first-order chi connectivity index (χ1) is 18.8. The highest BCUT2D eigenvalue weighted by Crippen LogP contribution is 2.41. The summed E-state index contributed by atoms with van der Waals surface area (Å²) in [5, 5.41) is 26.7. The zero-order chi connectivity index (χ0) is 27.7. The van der Waals surface area contributed by atoms with Gasteiger partial charge in [0.15, 0.2) is 10.8 Å². The van der Waals surface area contributed by atoms with E-state index in [0.717, 1.165) is 41.9 Å². The Hall–Kier alpha value is -3.90. The van der Waals surface area contributed by atoms with Gasteiger partial charge < -0.3 is 25.9 Å². The molecule has 3 amide bonds. The number of aromatic nitrogens is 1. The fraction of sp³-hybridized carbons (Fsp3) is 0.458. The second-order valence-electron chi connectivity index (χ2n) is 9.37. The van der Waals surface area contributed by atoms with Crippen LogP contribution in [0.1, 0.15) is 37.8 Å². The van der Waals surface area contributed by atoms with Gasteiger partial charge in [-0.1, -0.05) is 5.16 Å². The zero-order valence-electron chi connectivity index (χ0n) is 20.7. The van der Waals surface area contributed by atoms with E-state index in [1.54, 1.807) is 5.38 Å². The van der Waals surface area contributed by atoms with E-state index in [-0.39, 0.29) is 46.5 Å². The van der Waals surface area contributed by atoms with E-state index < -0.39 is 29.2 Å². The minimum atomic E-state index is -1.31. The number of nitrogens with zero attached hydrogens (tertiary/aromatic N) is 5. The first-order valence-corrected chi connectivity index (χ1v) is 14.2. The van der Waals surface area contributed by atoms with Gasteiger partial charge in [-0.2, -0.15) is 5.26 Å². The van der Waals surface area contributed by atoms with Crippen molar-refractivity contribution in [2.75, 3.05) is 24.6 Å². The number of thiazole rings is 1. The molecule has 15 heteroatoms. The molecule has 2 saturated heterocycles. The fourth-order valence-corrected chi connectivity index (χ4v) is 6.79. The summed E-state index contributed by atoms with van der Waals surface area (Å²) in [7, 11) is 0. The molecule has 2 atom stereocenters. The maximum atomic E-state index is 13.2. The Morgan fingerprint density at radius 2 is 2.13 bits per heavy atom. The number of nitrogen functional groups attached to an aromatic ring is 1. The van der Waals surface area contributed by atoms with Gasteiger partial charge in [0, 0.05) is 23.3 Å². The molecular formula is C24H25N7O6S2. The Morgan fingerprint density at radius 1 is 1.36 bits per heavy atom. The topological polar surface area (TPSA) is 191 Å². The third-order valence-electron chi connectivity index (χ3n) is 6.88. The maximum absolute atomic E-state index is 13.2. The van der Waals surface area contributed by atoms with Crippen LogP contribution >= 0.6 is 23.1 Å². The molecule has 1 aromatic heterocycles. The second-order valence-corrected chi connectivity index (χ2v) is 11.4. The predicted octanol–water partition coefficient (Wildman–Crippen LogP) is 0.809. The molecule has 1 aliphatic carbocycles. The van der Waals surface area contributed by atoms with E-state index in [9.17, 15) is 24.3 Å². The molecule has 3 fully saturated rings. The SMILES string of the molecule is N#CCN1CCC(=CC2=C(C(=O)O)N3C(=O)[C@@H](NC(=O)/C(=N\OC4CCCC4)c4csc(N)n4)[C@H]3SC2)C1=O. The molecule has 39 heavy (non-hydrogen) atoms. The number of nitrogens with one attached hydrogen (secondary N) is 1. The van der Waals surface area contributed by atoms with Crippen molar-refractivity contribution in [1.82, 2.24) is 20.1 Å². The molecule has 13 nitrogen and oxygen atoms in total. The van der Waals surface area contributed by atoms with Crippen molar-refractivity contribution in [1.29, 1.82) is 5.26 Å². The number of carbonyl (C=O) groups excluding carboxylic acids is 3. The number of thioether (sulfide) groups is 1. The van der Waals surface area contributed by atoms with Crippen LogP contribution in [0.5, 0.6) is 0 Å². The highest BCUT2D eigenvalue weighted by Gasteiger charge is 2.54. The smallest absolute Gasteiger partial charge is 0.352 e. The van der Waals surface area contributed by atoms with Crippen LogP contribution in [0, 0.1) is 11.3 Å². The highest BCUT2D eigenvalue weighted by atomic mass is 32.2. The van der Waals surface area contributed by atoms with Crippen LogP contribution in [0.25, 0.3) is 0 Å². The van der Waals surface area contributed by atoms with Gasteiger partial charge in [0.25, 0.3) is 17.7 Å². The highest BCUT2D eigenvalue weighted by molar-refractivity contribution is 8.00. The average molecular weight is 572 g/mol. The molecule has 0 radical (unpaired) electrons. The quantitative estimate of drug-likeness (QED) is 0.132. The van der Waals surface area contributed by atoms with Crippen LogP contribution in [0.2, 0.25) is 0 Å². The molecule has 0 aromatic carbocycles. The Labute approximate surface area is 231 Å². The van der Waals surface area contributed by atoms with Crippen molar-refractivity contribution in [2.45, 2.75) is 49.6 Å². The van der Waals surface area contributed by atoms with Gasteiger partial charge in [0.05, 0.1) is 6.07 Å². The molecule has 4 heterocycles.